The Kier molecular flexibility index (Phi) is 3.90. The Morgan fingerprint density at radius 2 is 2.12 bits per heavy atom. The molecule has 0 saturated heterocycles. The molecule has 2 aromatic rings. The molecular weight excluding hydrogens is 236 g/mol. The monoisotopic (exact) mass is 248 g/mol. The Balaban J connectivity index is 1.99. The maximum absolute atomic E-state index is 5.65. The number of halogens is 1. The van der Waals surface area contributed by atoms with Crippen molar-refractivity contribution in [3.63, 3.8) is 0 Å². The van der Waals surface area contributed by atoms with Gasteiger partial charge in [0.1, 0.15) is 0 Å². The molecule has 1 N–H and O–H groups in total. The Labute approximate surface area is 105 Å². The summed E-state index contributed by atoms with van der Waals surface area (Å²) in [6.45, 7) is 4.79. The lowest BCUT2D eigenvalue weighted by Gasteiger charge is -1.99. The maximum Gasteiger partial charge on any atom is 0.0969 e. The molecule has 17 heavy (non-hydrogen) atoms. The van der Waals surface area contributed by atoms with Crippen molar-refractivity contribution in [2.45, 2.75) is 6.54 Å². The van der Waals surface area contributed by atoms with E-state index in [1.807, 2.05) is 30.3 Å². The highest BCUT2D eigenvalue weighted by Gasteiger charge is 2.01. The van der Waals surface area contributed by atoms with Crippen LogP contribution < -0.4 is 5.32 Å². The molecule has 88 valence electrons. The second kappa shape index (κ2) is 5.61. The van der Waals surface area contributed by atoms with Crippen LogP contribution in [0.4, 0.5) is 0 Å². The van der Waals surface area contributed by atoms with Crippen LogP contribution in [0.2, 0.25) is 0 Å². The van der Waals surface area contributed by atoms with E-state index >= 15 is 0 Å². The zero-order valence-corrected chi connectivity index (χ0v) is 10.1. The lowest BCUT2D eigenvalue weighted by Crippen LogP contribution is -2.15. The van der Waals surface area contributed by atoms with Gasteiger partial charge in [0.2, 0.25) is 0 Å². The van der Waals surface area contributed by atoms with Crippen LogP contribution in [-0.2, 0) is 6.54 Å². The number of nitrogens with one attached hydrogen (secondary N) is 1. The molecule has 5 heteroatoms. The van der Waals surface area contributed by atoms with Gasteiger partial charge in [-0.05, 0) is 12.1 Å². The van der Waals surface area contributed by atoms with E-state index in [0.717, 1.165) is 11.4 Å². The lowest BCUT2D eigenvalue weighted by atomic mass is 10.3. The van der Waals surface area contributed by atoms with E-state index in [4.69, 9.17) is 11.6 Å². The third-order valence-corrected chi connectivity index (χ3v) is 2.28. The number of aromatic nitrogens is 3. The molecule has 0 amide bonds. The molecule has 1 aromatic heterocycles. The second-order valence-electron chi connectivity index (χ2n) is 3.58. The van der Waals surface area contributed by atoms with Crippen molar-refractivity contribution < 1.29 is 0 Å². The molecule has 0 unspecified atom stereocenters. The zero-order valence-electron chi connectivity index (χ0n) is 9.31. The van der Waals surface area contributed by atoms with E-state index in [1.165, 1.54) is 0 Å². The number of para-hydroxylation sites is 1. The topological polar surface area (TPSA) is 42.7 Å². The number of rotatable bonds is 5. The van der Waals surface area contributed by atoms with Crippen LogP contribution in [-0.4, -0.2) is 21.5 Å². The van der Waals surface area contributed by atoms with Crippen molar-refractivity contribution in [2.24, 2.45) is 0 Å². The Hall–Kier alpha value is -1.65. The summed E-state index contributed by atoms with van der Waals surface area (Å²) >= 11 is 5.65. The van der Waals surface area contributed by atoms with E-state index in [2.05, 4.69) is 22.1 Å². The summed E-state index contributed by atoms with van der Waals surface area (Å²) in [6, 6.07) is 9.78. The van der Waals surface area contributed by atoms with Gasteiger partial charge in [0, 0.05) is 18.1 Å². The van der Waals surface area contributed by atoms with Crippen molar-refractivity contribution in [2.75, 3.05) is 6.54 Å². The molecule has 0 saturated carbocycles. The molecule has 0 radical (unpaired) electrons. The van der Waals surface area contributed by atoms with Crippen LogP contribution >= 0.6 is 11.6 Å². The Morgan fingerprint density at radius 3 is 2.82 bits per heavy atom. The normalized spacial score (nSPS) is 10.4. The van der Waals surface area contributed by atoms with E-state index in [9.17, 15) is 0 Å². The predicted octanol–water partition coefficient (Wildman–Crippen LogP) is 2.11. The van der Waals surface area contributed by atoms with Gasteiger partial charge >= 0.3 is 0 Å². The van der Waals surface area contributed by atoms with Crippen LogP contribution in [0.3, 0.4) is 0 Å². The molecule has 0 aliphatic carbocycles. The van der Waals surface area contributed by atoms with Crippen molar-refractivity contribution in [1.29, 1.82) is 0 Å². The van der Waals surface area contributed by atoms with Crippen LogP contribution in [0.15, 0.2) is 48.1 Å². The summed E-state index contributed by atoms with van der Waals surface area (Å²) in [6.07, 6.45) is 1.73. The van der Waals surface area contributed by atoms with Gasteiger partial charge in [-0.2, -0.15) is 15.0 Å². The first kappa shape index (κ1) is 11.8. The van der Waals surface area contributed by atoms with Crippen molar-refractivity contribution in [1.82, 2.24) is 20.3 Å². The molecule has 1 aromatic carbocycles. The molecular formula is C12H13ClN4. The molecule has 0 atom stereocenters. The van der Waals surface area contributed by atoms with Gasteiger partial charge in [0.25, 0.3) is 0 Å². The minimum Gasteiger partial charge on any atom is -0.306 e. The number of hydrogen-bond acceptors (Lipinski definition) is 3. The molecule has 0 spiro atoms. The summed E-state index contributed by atoms with van der Waals surface area (Å²) < 4.78 is 0. The van der Waals surface area contributed by atoms with Gasteiger partial charge < -0.3 is 5.32 Å². The predicted molar refractivity (Wildman–Crippen MR) is 68.1 cm³/mol. The van der Waals surface area contributed by atoms with Gasteiger partial charge in [-0.15, -0.1) is 0 Å². The van der Waals surface area contributed by atoms with Crippen LogP contribution in [0.5, 0.6) is 0 Å². The molecule has 0 aliphatic heterocycles. The first-order chi connectivity index (χ1) is 8.25. The third-order valence-electron chi connectivity index (χ3n) is 2.15. The standard InChI is InChI=1S/C12H13ClN4/c1-10(13)7-14-8-11-9-15-17(16-11)12-5-3-2-4-6-12/h2-6,9,14H,1,7-8H2. The van der Waals surface area contributed by atoms with Gasteiger partial charge in [0.05, 0.1) is 17.6 Å². The highest BCUT2D eigenvalue weighted by Crippen LogP contribution is 2.04. The summed E-state index contributed by atoms with van der Waals surface area (Å²) in [4.78, 5) is 1.60. The smallest absolute Gasteiger partial charge is 0.0969 e. The summed E-state index contributed by atoms with van der Waals surface area (Å²) in [5, 5.41) is 12.2. The van der Waals surface area contributed by atoms with Gasteiger partial charge in [0.15, 0.2) is 0 Å². The van der Waals surface area contributed by atoms with Crippen molar-refractivity contribution in [3.05, 3.63) is 53.8 Å². The fourth-order valence-electron chi connectivity index (χ4n) is 1.39. The highest BCUT2D eigenvalue weighted by atomic mass is 35.5. The molecule has 1 heterocycles. The molecule has 4 nitrogen and oxygen atoms in total. The first-order valence-corrected chi connectivity index (χ1v) is 5.64. The number of nitrogens with zero attached hydrogens (tertiary/aromatic N) is 3. The van der Waals surface area contributed by atoms with Crippen LogP contribution in [0.25, 0.3) is 5.69 Å². The largest absolute Gasteiger partial charge is 0.306 e. The fourth-order valence-corrected chi connectivity index (χ4v) is 1.48. The summed E-state index contributed by atoms with van der Waals surface area (Å²) in [5.41, 5.74) is 1.81. The number of benzene rings is 1. The summed E-state index contributed by atoms with van der Waals surface area (Å²) in [5.74, 6) is 0. The lowest BCUT2D eigenvalue weighted by molar-refractivity contribution is 0.697. The second-order valence-corrected chi connectivity index (χ2v) is 4.12. The molecule has 0 fully saturated rings. The quantitative estimate of drug-likeness (QED) is 0.881. The molecule has 0 aliphatic rings. The van der Waals surface area contributed by atoms with Gasteiger partial charge in [-0.25, -0.2) is 0 Å². The molecule has 0 bridgehead atoms. The Bertz CT molecular complexity index is 492. The number of hydrogen-bond donors (Lipinski definition) is 1. The van der Waals surface area contributed by atoms with E-state index < -0.39 is 0 Å². The van der Waals surface area contributed by atoms with Crippen molar-refractivity contribution in [3.8, 4) is 5.69 Å². The zero-order chi connectivity index (χ0) is 12.1. The average molecular weight is 249 g/mol. The minimum atomic E-state index is 0.569. The van der Waals surface area contributed by atoms with Crippen LogP contribution in [0.1, 0.15) is 5.69 Å². The fraction of sp³-hybridized carbons (Fsp3) is 0.167. The Morgan fingerprint density at radius 1 is 1.35 bits per heavy atom. The third kappa shape index (κ3) is 3.41. The average Bonchev–Trinajstić information content (AvgIpc) is 2.78. The van der Waals surface area contributed by atoms with Crippen molar-refractivity contribution >= 4 is 11.6 Å². The minimum absolute atomic E-state index is 0.569. The van der Waals surface area contributed by atoms with E-state index in [0.29, 0.717) is 18.1 Å². The van der Waals surface area contributed by atoms with Crippen LogP contribution in [0, 0.1) is 0 Å². The highest BCUT2D eigenvalue weighted by molar-refractivity contribution is 6.29. The molecule has 2 rings (SSSR count). The SMILES string of the molecule is C=C(Cl)CNCc1cnn(-c2ccccc2)n1. The van der Waals surface area contributed by atoms with Gasteiger partial charge in [-0.1, -0.05) is 36.4 Å². The first-order valence-electron chi connectivity index (χ1n) is 5.26. The van der Waals surface area contributed by atoms with E-state index in [-0.39, 0.29) is 0 Å². The van der Waals surface area contributed by atoms with Gasteiger partial charge in [-0.3, -0.25) is 0 Å². The maximum atomic E-state index is 5.65. The summed E-state index contributed by atoms with van der Waals surface area (Å²) in [7, 11) is 0. The van der Waals surface area contributed by atoms with E-state index in [1.54, 1.807) is 11.0 Å².